The second-order valence-electron chi connectivity index (χ2n) is 4.97. The summed E-state index contributed by atoms with van der Waals surface area (Å²) in [5.74, 6) is -0.513. The van der Waals surface area contributed by atoms with Gasteiger partial charge in [-0.2, -0.15) is 0 Å². The van der Waals surface area contributed by atoms with Crippen molar-refractivity contribution in [2.24, 2.45) is 0 Å². The van der Waals surface area contributed by atoms with Crippen molar-refractivity contribution in [3.8, 4) is 22.6 Å². The highest BCUT2D eigenvalue weighted by molar-refractivity contribution is 8.00. The Kier molecular flexibility index (Phi) is 4.48. The van der Waals surface area contributed by atoms with Crippen LogP contribution in [0.2, 0.25) is 0 Å². The summed E-state index contributed by atoms with van der Waals surface area (Å²) in [6, 6.07) is 19.3. The van der Waals surface area contributed by atoms with Gasteiger partial charge in [0.2, 0.25) is 0 Å². The molecule has 0 aliphatic heterocycles. The lowest BCUT2D eigenvalue weighted by Gasteiger charge is -2.08. The molecule has 0 saturated heterocycles. The molecule has 3 aromatic rings. The van der Waals surface area contributed by atoms with Crippen LogP contribution in [0.5, 0.6) is 0 Å². The largest absolute Gasteiger partial charge is 0.549 e. The monoisotopic (exact) mass is 324 g/mol. The number of hydrogen-bond donors (Lipinski definition) is 0. The number of benzene rings is 2. The van der Waals surface area contributed by atoms with E-state index >= 15 is 0 Å². The van der Waals surface area contributed by atoms with Crippen LogP contribution in [0.4, 0.5) is 0 Å². The van der Waals surface area contributed by atoms with Crippen LogP contribution < -0.4 is 5.11 Å². The Morgan fingerprint density at radius 3 is 2.17 bits per heavy atom. The fraction of sp³-hybridized carbons (Fsp3) is 0.111. The molecule has 23 heavy (non-hydrogen) atoms. The number of carbonyl (C=O) groups excluding carboxylic acids is 1. The fourth-order valence-electron chi connectivity index (χ4n) is 2.13. The molecule has 0 saturated carbocycles. The molecule has 3 rings (SSSR count). The van der Waals surface area contributed by atoms with Gasteiger partial charge < -0.3 is 14.3 Å². The van der Waals surface area contributed by atoms with Crippen LogP contribution in [-0.4, -0.2) is 16.2 Å². The van der Waals surface area contributed by atoms with Gasteiger partial charge in [0.05, 0.1) is 11.2 Å². The van der Waals surface area contributed by atoms with Gasteiger partial charge in [0.1, 0.15) is 5.69 Å². The van der Waals surface area contributed by atoms with Crippen LogP contribution in [0.3, 0.4) is 0 Å². The summed E-state index contributed by atoms with van der Waals surface area (Å²) in [6.07, 6.45) is 0. The number of thioether (sulfide) groups is 1. The maximum absolute atomic E-state index is 10.9. The highest BCUT2D eigenvalue weighted by atomic mass is 32.2. The van der Waals surface area contributed by atoms with E-state index in [-0.39, 0.29) is 0 Å². The van der Waals surface area contributed by atoms with Crippen molar-refractivity contribution < 1.29 is 14.3 Å². The second kappa shape index (κ2) is 6.71. The van der Waals surface area contributed by atoms with Crippen molar-refractivity contribution in [3.63, 3.8) is 0 Å². The average molecular weight is 324 g/mol. The maximum Gasteiger partial charge on any atom is 0.257 e. The van der Waals surface area contributed by atoms with Crippen molar-refractivity contribution in [1.82, 2.24) is 4.98 Å². The number of aliphatic carboxylic acids is 1. The molecule has 0 unspecified atom stereocenters. The fourth-order valence-corrected chi connectivity index (χ4v) is 2.80. The number of carbonyl (C=O) groups is 1. The Morgan fingerprint density at radius 2 is 1.61 bits per heavy atom. The van der Waals surface area contributed by atoms with Crippen molar-refractivity contribution in [2.45, 2.75) is 17.4 Å². The Morgan fingerprint density at radius 1 is 1.04 bits per heavy atom. The van der Waals surface area contributed by atoms with Gasteiger partial charge in [0.25, 0.3) is 5.22 Å². The van der Waals surface area contributed by atoms with Gasteiger partial charge in [0, 0.05) is 11.1 Å². The van der Waals surface area contributed by atoms with E-state index in [0.717, 1.165) is 22.9 Å². The van der Waals surface area contributed by atoms with Gasteiger partial charge in [-0.1, -0.05) is 72.4 Å². The van der Waals surface area contributed by atoms with E-state index in [9.17, 15) is 9.90 Å². The number of aromatic nitrogens is 1. The van der Waals surface area contributed by atoms with Crippen LogP contribution in [0.15, 0.2) is 70.3 Å². The summed E-state index contributed by atoms with van der Waals surface area (Å²) in [4.78, 5) is 15.4. The summed E-state index contributed by atoms with van der Waals surface area (Å²) in [5, 5.41) is 10.5. The van der Waals surface area contributed by atoms with Gasteiger partial charge >= 0.3 is 0 Å². The van der Waals surface area contributed by atoms with Gasteiger partial charge in [-0.15, -0.1) is 0 Å². The molecule has 0 radical (unpaired) electrons. The first kappa shape index (κ1) is 15.4. The third-order valence-corrected chi connectivity index (χ3v) is 4.22. The van der Waals surface area contributed by atoms with E-state index in [0.29, 0.717) is 16.7 Å². The number of hydrogen-bond acceptors (Lipinski definition) is 5. The third-order valence-electron chi connectivity index (χ3n) is 3.30. The molecule has 0 fully saturated rings. The molecule has 0 aliphatic carbocycles. The minimum absolute atomic E-state index is 0.319. The topological polar surface area (TPSA) is 66.2 Å². The van der Waals surface area contributed by atoms with E-state index in [1.54, 1.807) is 6.92 Å². The van der Waals surface area contributed by atoms with E-state index in [1.165, 1.54) is 0 Å². The van der Waals surface area contributed by atoms with Gasteiger partial charge in [-0.3, -0.25) is 0 Å². The predicted octanol–water partition coefficient (Wildman–Crippen LogP) is 3.24. The molecular formula is C18H14NO3S-. The minimum Gasteiger partial charge on any atom is -0.549 e. The summed E-state index contributed by atoms with van der Waals surface area (Å²) < 4.78 is 5.84. The van der Waals surface area contributed by atoms with Crippen LogP contribution in [-0.2, 0) is 4.79 Å². The number of carboxylic acid groups (broad SMARTS) is 1. The molecule has 2 aromatic carbocycles. The molecule has 1 heterocycles. The standard InChI is InChI=1S/C18H15NO3S/c1-12(17(20)21)23-18-19-15(13-8-4-2-5-9-13)16(22-18)14-10-6-3-7-11-14/h2-12H,1H3,(H,20,21)/p-1/t12-/m0/s1. The first-order valence-corrected chi connectivity index (χ1v) is 8.02. The van der Waals surface area contributed by atoms with E-state index in [2.05, 4.69) is 4.98 Å². The maximum atomic E-state index is 10.9. The minimum atomic E-state index is -1.14. The zero-order valence-electron chi connectivity index (χ0n) is 12.4. The molecule has 1 atom stereocenters. The van der Waals surface area contributed by atoms with Crippen LogP contribution in [0.25, 0.3) is 22.6 Å². The Balaban J connectivity index is 2.06. The van der Waals surface area contributed by atoms with Crippen LogP contribution in [0.1, 0.15) is 6.92 Å². The lowest BCUT2D eigenvalue weighted by Crippen LogP contribution is -2.31. The third kappa shape index (κ3) is 3.46. The quantitative estimate of drug-likeness (QED) is 0.674. The number of oxazole rings is 1. The van der Waals surface area contributed by atoms with Gasteiger partial charge in [0.15, 0.2) is 5.76 Å². The molecule has 116 valence electrons. The lowest BCUT2D eigenvalue weighted by atomic mass is 10.1. The molecule has 5 heteroatoms. The van der Waals surface area contributed by atoms with Crippen LogP contribution in [0, 0.1) is 0 Å². The zero-order valence-corrected chi connectivity index (χ0v) is 13.2. The Labute approximate surface area is 138 Å². The zero-order chi connectivity index (χ0) is 16.2. The summed E-state index contributed by atoms with van der Waals surface area (Å²) >= 11 is 1.04. The molecule has 0 aliphatic rings. The van der Waals surface area contributed by atoms with E-state index in [4.69, 9.17) is 4.42 Å². The Hall–Kier alpha value is -2.53. The van der Waals surface area contributed by atoms with Crippen LogP contribution >= 0.6 is 11.8 Å². The van der Waals surface area contributed by atoms with E-state index in [1.807, 2.05) is 60.7 Å². The number of carboxylic acids is 1. The first-order chi connectivity index (χ1) is 11.1. The van der Waals surface area contributed by atoms with Crippen molar-refractivity contribution in [2.75, 3.05) is 0 Å². The normalized spacial score (nSPS) is 12.0. The number of rotatable bonds is 5. The average Bonchev–Trinajstić information content (AvgIpc) is 3.00. The van der Waals surface area contributed by atoms with Gasteiger partial charge in [-0.05, 0) is 6.92 Å². The van der Waals surface area contributed by atoms with Crippen molar-refractivity contribution in [3.05, 3.63) is 60.7 Å². The summed E-state index contributed by atoms with van der Waals surface area (Å²) in [6.45, 7) is 1.55. The SMILES string of the molecule is C[C@H](Sc1nc(-c2ccccc2)c(-c2ccccc2)o1)C(=O)[O-]. The lowest BCUT2D eigenvalue weighted by molar-refractivity contribution is -0.304. The van der Waals surface area contributed by atoms with E-state index < -0.39 is 11.2 Å². The molecule has 4 nitrogen and oxygen atoms in total. The molecule has 0 amide bonds. The highest BCUT2D eigenvalue weighted by Crippen LogP contribution is 2.36. The summed E-state index contributed by atoms with van der Waals surface area (Å²) in [7, 11) is 0. The molecule has 0 bridgehead atoms. The molecule has 1 aromatic heterocycles. The van der Waals surface area contributed by atoms with Gasteiger partial charge in [-0.25, -0.2) is 4.98 Å². The summed E-state index contributed by atoms with van der Waals surface area (Å²) in [5.41, 5.74) is 2.51. The predicted molar refractivity (Wildman–Crippen MR) is 87.7 cm³/mol. The number of nitrogens with zero attached hydrogens (tertiary/aromatic N) is 1. The first-order valence-electron chi connectivity index (χ1n) is 7.14. The van der Waals surface area contributed by atoms with Crippen molar-refractivity contribution in [1.29, 1.82) is 0 Å². The molecule has 0 N–H and O–H groups in total. The smallest absolute Gasteiger partial charge is 0.257 e. The molecular weight excluding hydrogens is 310 g/mol. The second-order valence-corrected chi connectivity index (χ2v) is 6.26. The highest BCUT2D eigenvalue weighted by Gasteiger charge is 2.18. The molecule has 0 spiro atoms. The Bertz CT molecular complexity index is 743. The van der Waals surface area contributed by atoms with Crippen molar-refractivity contribution >= 4 is 17.7 Å².